The van der Waals surface area contributed by atoms with Gasteiger partial charge in [-0.2, -0.15) is 4.57 Å². The average molecular weight is 383 g/mol. The van der Waals surface area contributed by atoms with Crippen LogP contribution >= 0.6 is 0 Å². The lowest BCUT2D eigenvalue weighted by molar-refractivity contribution is -0.665. The molecule has 0 N–H and O–H groups in total. The molecule has 0 aliphatic carbocycles. The van der Waals surface area contributed by atoms with Gasteiger partial charge in [-0.25, -0.2) is 0 Å². The van der Waals surface area contributed by atoms with E-state index in [0.29, 0.717) is 6.04 Å². The van der Waals surface area contributed by atoms with Crippen LogP contribution in [0.15, 0.2) is 67.0 Å². The maximum Gasteiger partial charge on any atom is 0.220 e. The first-order valence-corrected chi connectivity index (χ1v) is 10.1. The molecule has 2 heterocycles. The molecule has 0 aliphatic rings. The van der Waals surface area contributed by atoms with Gasteiger partial charge in [-0.15, -0.1) is 0 Å². The van der Waals surface area contributed by atoms with Gasteiger partial charge in [0.25, 0.3) is 0 Å². The summed E-state index contributed by atoms with van der Waals surface area (Å²) in [6.07, 6.45) is 3.70. The molecular formula is C27H29N2+. The summed E-state index contributed by atoms with van der Waals surface area (Å²) in [4.78, 5) is 4.28. The monoisotopic (exact) mass is 382 g/mol. The Morgan fingerprint density at radius 1 is 0.966 bits per heavy atom. The Hall–Kier alpha value is -3.00. The molecule has 146 valence electrons. The molecule has 0 aliphatic heterocycles. The van der Waals surface area contributed by atoms with E-state index in [1.807, 2.05) is 19.2 Å². The summed E-state index contributed by atoms with van der Waals surface area (Å²) in [7, 11) is 2.07. The molecule has 2 heteroatoms. The predicted molar refractivity (Wildman–Crippen MR) is 122 cm³/mol. The summed E-state index contributed by atoms with van der Waals surface area (Å²) >= 11 is 0. The van der Waals surface area contributed by atoms with Gasteiger partial charge in [0.05, 0.1) is 12.3 Å². The normalized spacial score (nSPS) is 12.3. The third kappa shape index (κ3) is 3.55. The van der Waals surface area contributed by atoms with Gasteiger partial charge in [0.1, 0.15) is 7.05 Å². The molecule has 29 heavy (non-hydrogen) atoms. The van der Waals surface area contributed by atoms with E-state index < -0.39 is 0 Å². The molecular weight excluding hydrogens is 352 g/mol. The van der Waals surface area contributed by atoms with E-state index >= 15 is 0 Å². The van der Waals surface area contributed by atoms with Crippen LogP contribution in [0.25, 0.3) is 33.2 Å². The molecule has 2 aromatic heterocycles. The van der Waals surface area contributed by atoms with Gasteiger partial charge in [-0.05, 0) is 52.6 Å². The molecule has 0 atom stereocenters. The molecule has 0 fully saturated rings. The highest BCUT2D eigenvalue weighted by Gasteiger charge is 2.22. The van der Waals surface area contributed by atoms with Crippen molar-refractivity contribution < 1.29 is 5.94 Å². The van der Waals surface area contributed by atoms with E-state index in [9.17, 15) is 0 Å². The Kier molecular flexibility index (Phi) is 4.43. The number of aryl methyl sites for hydroxylation is 1. The third-order valence-corrected chi connectivity index (χ3v) is 5.78. The number of hydrogen-bond acceptors (Lipinski definition) is 1. The quantitative estimate of drug-likeness (QED) is 0.371. The molecule has 2 nitrogen and oxygen atoms in total. The van der Waals surface area contributed by atoms with Crippen LogP contribution in [0.4, 0.5) is 0 Å². The van der Waals surface area contributed by atoms with E-state index in [0.717, 1.165) is 33.3 Å². The first-order chi connectivity index (χ1) is 14.2. The fraction of sp³-hybridized carbons (Fsp3) is 0.259. The van der Waals surface area contributed by atoms with Crippen LogP contribution in [0.2, 0.25) is 0 Å². The fourth-order valence-electron chi connectivity index (χ4n) is 3.86. The number of hydrogen-bond donors (Lipinski definition) is 0. The van der Waals surface area contributed by atoms with Crippen molar-refractivity contribution in [1.82, 2.24) is 4.98 Å². The Morgan fingerprint density at radius 2 is 1.76 bits per heavy atom. The molecule has 2 aromatic carbocycles. The van der Waals surface area contributed by atoms with E-state index in [1.165, 1.54) is 16.7 Å². The number of benzene rings is 2. The Morgan fingerprint density at radius 3 is 2.45 bits per heavy atom. The van der Waals surface area contributed by atoms with Crippen molar-refractivity contribution in [3.05, 3.63) is 83.8 Å². The third-order valence-electron chi connectivity index (χ3n) is 5.78. The van der Waals surface area contributed by atoms with Gasteiger partial charge in [0, 0.05) is 30.9 Å². The van der Waals surface area contributed by atoms with Crippen LogP contribution in [0.3, 0.4) is 0 Å². The Labute approximate surface area is 175 Å². The van der Waals surface area contributed by atoms with Crippen LogP contribution < -0.4 is 4.57 Å². The lowest BCUT2D eigenvalue weighted by Crippen LogP contribution is -2.35. The SMILES string of the molecule is [2H]c1c(C)[n+](C)c(-c2cc(-c3cccnc3)ccc2C)c2ccc(C(C)(C)C)cc12. The van der Waals surface area contributed by atoms with Crippen molar-refractivity contribution in [2.45, 2.75) is 40.0 Å². The lowest BCUT2D eigenvalue weighted by Gasteiger charge is -2.20. The van der Waals surface area contributed by atoms with Crippen molar-refractivity contribution in [3.8, 4) is 22.4 Å². The number of pyridine rings is 2. The maximum atomic E-state index is 8.79. The zero-order chi connectivity index (χ0) is 21.6. The van der Waals surface area contributed by atoms with Crippen molar-refractivity contribution in [1.29, 1.82) is 0 Å². The van der Waals surface area contributed by atoms with E-state index in [-0.39, 0.29) is 5.41 Å². The summed E-state index contributed by atoms with van der Waals surface area (Å²) in [6, 6.07) is 17.8. The van der Waals surface area contributed by atoms with Crippen LogP contribution in [-0.2, 0) is 12.5 Å². The van der Waals surface area contributed by atoms with Gasteiger partial charge in [0.15, 0.2) is 5.69 Å². The number of nitrogens with zero attached hydrogens (tertiary/aromatic N) is 2. The van der Waals surface area contributed by atoms with Crippen molar-refractivity contribution >= 4 is 10.8 Å². The Bertz CT molecular complexity index is 1250. The molecule has 4 aromatic rings. The zero-order valence-electron chi connectivity index (χ0n) is 19.2. The number of fused-ring (bicyclic) bond motifs is 1. The minimum Gasteiger partial charge on any atom is -0.264 e. The van der Waals surface area contributed by atoms with Crippen LogP contribution in [-0.4, -0.2) is 4.98 Å². The first-order valence-electron chi connectivity index (χ1n) is 10.6. The van der Waals surface area contributed by atoms with Crippen molar-refractivity contribution in [3.63, 3.8) is 0 Å². The van der Waals surface area contributed by atoms with Gasteiger partial charge >= 0.3 is 0 Å². The second-order valence-corrected chi connectivity index (χ2v) is 8.90. The average Bonchev–Trinajstić information content (AvgIpc) is 2.73. The van der Waals surface area contributed by atoms with Crippen LogP contribution in [0, 0.1) is 13.8 Å². The highest BCUT2D eigenvalue weighted by molar-refractivity contribution is 5.95. The van der Waals surface area contributed by atoms with Crippen LogP contribution in [0.1, 0.15) is 39.0 Å². The molecule has 0 amide bonds. The number of aromatic nitrogens is 2. The topological polar surface area (TPSA) is 16.8 Å². The fourth-order valence-corrected chi connectivity index (χ4v) is 3.86. The van der Waals surface area contributed by atoms with Gasteiger partial charge in [0.2, 0.25) is 5.69 Å². The largest absolute Gasteiger partial charge is 0.264 e. The minimum atomic E-state index is 0.0445. The molecule has 0 spiro atoms. The maximum absolute atomic E-state index is 8.79. The summed E-state index contributed by atoms with van der Waals surface area (Å²) in [6.45, 7) is 10.8. The smallest absolute Gasteiger partial charge is 0.220 e. The standard InChI is InChI=1S/C27H29N2/c1-18-9-10-20(21-8-7-13-28-17-21)16-25(18)26-24-12-11-23(27(3,4)5)15-22(24)14-19(2)29(26)6/h7-17H,1-6H3/q+1/i14D. The van der Waals surface area contributed by atoms with E-state index in [1.54, 1.807) is 6.20 Å². The highest BCUT2D eigenvalue weighted by atomic mass is 14.9. The van der Waals surface area contributed by atoms with Gasteiger partial charge in [-0.1, -0.05) is 51.1 Å². The van der Waals surface area contributed by atoms with Crippen LogP contribution in [0.5, 0.6) is 0 Å². The van der Waals surface area contributed by atoms with Crippen molar-refractivity contribution in [2.24, 2.45) is 7.05 Å². The van der Waals surface area contributed by atoms with Gasteiger partial charge < -0.3 is 0 Å². The zero-order valence-corrected chi connectivity index (χ0v) is 18.2. The highest BCUT2D eigenvalue weighted by Crippen LogP contribution is 2.34. The second-order valence-electron chi connectivity index (χ2n) is 8.90. The lowest BCUT2D eigenvalue weighted by atomic mass is 9.85. The molecule has 0 radical (unpaired) electrons. The second kappa shape index (κ2) is 7.11. The van der Waals surface area contributed by atoms with E-state index in [2.05, 4.69) is 86.8 Å². The summed E-state index contributed by atoms with van der Waals surface area (Å²) in [5.74, 6) is 0. The molecule has 0 unspecified atom stereocenters. The van der Waals surface area contributed by atoms with Crippen molar-refractivity contribution in [2.75, 3.05) is 0 Å². The first kappa shape index (κ1) is 18.1. The molecule has 0 saturated heterocycles. The number of rotatable bonds is 2. The predicted octanol–water partition coefficient (Wildman–Crippen LogP) is 6.31. The molecule has 0 bridgehead atoms. The van der Waals surface area contributed by atoms with Gasteiger partial charge in [-0.3, -0.25) is 4.98 Å². The summed E-state index contributed by atoms with van der Waals surface area (Å²) in [5.41, 5.74) is 8.08. The van der Waals surface area contributed by atoms with E-state index in [4.69, 9.17) is 1.37 Å². The molecule has 4 rings (SSSR count). The molecule has 0 saturated carbocycles. The summed E-state index contributed by atoms with van der Waals surface area (Å²) < 4.78 is 11.0. The Balaban J connectivity index is 2.04. The minimum absolute atomic E-state index is 0.0445. The summed E-state index contributed by atoms with van der Waals surface area (Å²) in [5, 5.41) is 2.13.